The molecule has 1 saturated heterocycles. The topological polar surface area (TPSA) is 64.3 Å². The molecule has 0 aromatic rings. The summed E-state index contributed by atoms with van der Waals surface area (Å²) in [5, 5.41) is 2.93. The van der Waals surface area contributed by atoms with Crippen LogP contribution in [0.15, 0.2) is 0 Å². The molecule has 4 heteroatoms. The Morgan fingerprint density at radius 2 is 2.21 bits per heavy atom. The van der Waals surface area contributed by atoms with Gasteiger partial charge in [0.05, 0.1) is 19.1 Å². The van der Waals surface area contributed by atoms with Gasteiger partial charge in [-0.25, -0.2) is 0 Å². The van der Waals surface area contributed by atoms with Gasteiger partial charge in [-0.2, -0.15) is 0 Å². The van der Waals surface area contributed by atoms with Crippen LogP contribution < -0.4 is 11.1 Å². The lowest BCUT2D eigenvalue weighted by Crippen LogP contribution is -2.41. The van der Waals surface area contributed by atoms with E-state index < -0.39 is 0 Å². The standard InChI is InChI=1S/C10H18N2O2/c11-9-6-14-5-8(9)10(13)12-4-3-7-1-2-7/h7-9H,1-6,11H2,(H,12,13). The van der Waals surface area contributed by atoms with Gasteiger partial charge in [0.25, 0.3) is 0 Å². The second-order valence-corrected chi connectivity index (χ2v) is 4.33. The fraction of sp³-hybridized carbons (Fsp3) is 0.900. The highest BCUT2D eigenvalue weighted by molar-refractivity contribution is 5.79. The van der Waals surface area contributed by atoms with Crippen molar-refractivity contribution in [3.05, 3.63) is 0 Å². The van der Waals surface area contributed by atoms with Crippen LogP contribution in [0.5, 0.6) is 0 Å². The van der Waals surface area contributed by atoms with Gasteiger partial charge in [-0.3, -0.25) is 4.79 Å². The fourth-order valence-corrected chi connectivity index (χ4v) is 1.78. The number of hydrogen-bond donors (Lipinski definition) is 2. The summed E-state index contributed by atoms with van der Waals surface area (Å²) < 4.78 is 5.14. The molecule has 1 heterocycles. The van der Waals surface area contributed by atoms with Crippen molar-refractivity contribution < 1.29 is 9.53 Å². The number of ether oxygens (including phenoxy) is 1. The Bertz CT molecular complexity index is 216. The van der Waals surface area contributed by atoms with E-state index >= 15 is 0 Å². The Hall–Kier alpha value is -0.610. The van der Waals surface area contributed by atoms with E-state index in [0.717, 1.165) is 18.9 Å². The Labute approximate surface area is 84.2 Å². The maximum Gasteiger partial charge on any atom is 0.227 e. The van der Waals surface area contributed by atoms with E-state index in [9.17, 15) is 4.79 Å². The van der Waals surface area contributed by atoms with Gasteiger partial charge < -0.3 is 15.8 Å². The average Bonchev–Trinajstić information content (AvgIpc) is 2.87. The summed E-state index contributed by atoms with van der Waals surface area (Å²) in [5.74, 6) is 0.800. The first-order chi connectivity index (χ1) is 6.77. The summed E-state index contributed by atoms with van der Waals surface area (Å²) in [5.41, 5.74) is 5.74. The molecule has 0 spiro atoms. The van der Waals surface area contributed by atoms with Gasteiger partial charge in [0.1, 0.15) is 0 Å². The number of carbonyl (C=O) groups is 1. The molecule has 0 aromatic carbocycles. The molecule has 1 amide bonds. The highest BCUT2D eigenvalue weighted by Gasteiger charge is 2.31. The summed E-state index contributed by atoms with van der Waals surface area (Å²) in [4.78, 5) is 11.6. The summed E-state index contributed by atoms with van der Waals surface area (Å²) in [7, 11) is 0. The van der Waals surface area contributed by atoms with Crippen LogP contribution in [0.2, 0.25) is 0 Å². The number of nitrogens with two attached hydrogens (primary N) is 1. The highest BCUT2D eigenvalue weighted by Crippen LogP contribution is 2.31. The number of hydrogen-bond acceptors (Lipinski definition) is 3. The van der Waals surface area contributed by atoms with Gasteiger partial charge in [-0.05, 0) is 12.3 Å². The molecule has 80 valence electrons. The molecule has 1 aliphatic heterocycles. The smallest absolute Gasteiger partial charge is 0.227 e. The van der Waals surface area contributed by atoms with Gasteiger partial charge in [-0.1, -0.05) is 12.8 Å². The van der Waals surface area contributed by atoms with E-state index in [1.165, 1.54) is 12.8 Å². The molecule has 2 atom stereocenters. The van der Waals surface area contributed by atoms with Crippen molar-refractivity contribution in [1.29, 1.82) is 0 Å². The first-order valence-electron chi connectivity index (χ1n) is 5.38. The van der Waals surface area contributed by atoms with E-state index in [-0.39, 0.29) is 17.9 Å². The van der Waals surface area contributed by atoms with Crippen molar-refractivity contribution in [2.45, 2.75) is 25.3 Å². The zero-order valence-corrected chi connectivity index (χ0v) is 8.37. The van der Waals surface area contributed by atoms with E-state index in [4.69, 9.17) is 10.5 Å². The molecular formula is C10H18N2O2. The summed E-state index contributed by atoms with van der Waals surface area (Å²) >= 11 is 0. The summed E-state index contributed by atoms with van der Waals surface area (Å²) in [6.45, 7) is 1.80. The average molecular weight is 198 g/mol. The first kappa shape index (κ1) is 9.93. The second-order valence-electron chi connectivity index (χ2n) is 4.33. The van der Waals surface area contributed by atoms with Crippen LogP contribution in [-0.4, -0.2) is 31.7 Å². The normalized spacial score (nSPS) is 31.8. The Morgan fingerprint density at radius 3 is 2.79 bits per heavy atom. The number of amides is 1. The number of rotatable bonds is 4. The molecular weight excluding hydrogens is 180 g/mol. The Kier molecular flexibility index (Phi) is 3.03. The molecule has 3 N–H and O–H groups in total. The number of nitrogens with one attached hydrogen (secondary N) is 1. The van der Waals surface area contributed by atoms with Crippen LogP contribution in [0, 0.1) is 11.8 Å². The predicted octanol–water partition coefficient (Wildman–Crippen LogP) is -0.124. The molecule has 1 aliphatic carbocycles. The Morgan fingerprint density at radius 1 is 1.43 bits per heavy atom. The van der Waals surface area contributed by atoms with Crippen molar-refractivity contribution in [1.82, 2.24) is 5.32 Å². The Balaban J connectivity index is 1.65. The molecule has 0 bridgehead atoms. The van der Waals surface area contributed by atoms with E-state index in [2.05, 4.69) is 5.32 Å². The van der Waals surface area contributed by atoms with Crippen LogP contribution in [0.1, 0.15) is 19.3 Å². The fourth-order valence-electron chi connectivity index (χ4n) is 1.78. The molecule has 4 nitrogen and oxygen atoms in total. The third kappa shape index (κ3) is 2.45. The molecule has 1 saturated carbocycles. The van der Waals surface area contributed by atoms with Gasteiger partial charge in [-0.15, -0.1) is 0 Å². The van der Waals surface area contributed by atoms with E-state index in [0.29, 0.717) is 13.2 Å². The lowest BCUT2D eigenvalue weighted by atomic mass is 10.0. The van der Waals surface area contributed by atoms with E-state index in [1.807, 2.05) is 0 Å². The quantitative estimate of drug-likeness (QED) is 0.661. The minimum atomic E-state index is -0.130. The van der Waals surface area contributed by atoms with Crippen molar-refractivity contribution in [3.63, 3.8) is 0 Å². The number of carbonyl (C=O) groups excluding carboxylic acids is 1. The highest BCUT2D eigenvalue weighted by atomic mass is 16.5. The van der Waals surface area contributed by atoms with Crippen LogP contribution >= 0.6 is 0 Å². The minimum absolute atomic E-state index is 0.0654. The molecule has 2 rings (SSSR count). The lowest BCUT2D eigenvalue weighted by Gasteiger charge is -2.12. The SMILES string of the molecule is NC1COCC1C(=O)NCCC1CC1. The van der Waals surface area contributed by atoms with Crippen molar-refractivity contribution in [2.24, 2.45) is 17.6 Å². The minimum Gasteiger partial charge on any atom is -0.379 e. The van der Waals surface area contributed by atoms with Gasteiger partial charge in [0.15, 0.2) is 0 Å². The molecule has 2 fully saturated rings. The molecule has 14 heavy (non-hydrogen) atoms. The maximum absolute atomic E-state index is 11.6. The van der Waals surface area contributed by atoms with Gasteiger partial charge in [0.2, 0.25) is 5.91 Å². The lowest BCUT2D eigenvalue weighted by molar-refractivity contribution is -0.125. The molecule has 0 aromatic heterocycles. The summed E-state index contributed by atoms with van der Waals surface area (Å²) in [6.07, 6.45) is 3.79. The van der Waals surface area contributed by atoms with Gasteiger partial charge in [0, 0.05) is 12.6 Å². The third-order valence-corrected chi connectivity index (χ3v) is 3.01. The van der Waals surface area contributed by atoms with Gasteiger partial charge >= 0.3 is 0 Å². The van der Waals surface area contributed by atoms with Crippen LogP contribution in [0.4, 0.5) is 0 Å². The second kappa shape index (κ2) is 4.28. The molecule has 2 unspecified atom stereocenters. The van der Waals surface area contributed by atoms with Crippen LogP contribution in [0.25, 0.3) is 0 Å². The maximum atomic E-state index is 11.6. The molecule has 2 aliphatic rings. The first-order valence-corrected chi connectivity index (χ1v) is 5.38. The monoisotopic (exact) mass is 198 g/mol. The summed E-state index contributed by atoms with van der Waals surface area (Å²) in [6, 6.07) is -0.115. The van der Waals surface area contributed by atoms with Crippen LogP contribution in [0.3, 0.4) is 0 Å². The van der Waals surface area contributed by atoms with Crippen LogP contribution in [-0.2, 0) is 9.53 Å². The van der Waals surface area contributed by atoms with Crippen molar-refractivity contribution in [3.8, 4) is 0 Å². The predicted molar refractivity (Wildman–Crippen MR) is 52.6 cm³/mol. The molecule has 0 radical (unpaired) electrons. The van der Waals surface area contributed by atoms with E-state index in [1.54, 1.807) is 0 Å². The zero-order valence-electron chi connectivity index (χ0n) is 8.37. The van der Waals surface area contributed by atoms with Crippen molar-refractivity contribution >= 4 is 5.91 Å². The van der Waals surface area contributed by atoms with Crippen molar-refractivity contribution in [2.75, 3.05) is 19.8 Å². The third-order valence-electron chi connectivity index (χ3n) is 3.01. The largest absolute Gasteiger partial charge is 0.379 e. The zero-order chi connectivity index (χ0) is 9.97.